The lowest BCUT2D eigenvalue weighted by Gasteiger charge is -2.35. The number of aryl methyl sites for hydroxylation is 1. The molecule has 1 aromatic carbocycles. The van der Waals surface area contributed by atoms with E-state index in [0.29, 0.717) is 6.04 Å². The highest BCUT2D eigenvalue weighted by atomic mass is 32.1. The normalized spacial score (nSPS) is 17.5. The summed E-state index contributed by atoms with van der Waals surface area (Å²) in [6.45, 7) is 6.09. The number of nitrogens with one attached hydrogen (secondary N) is 3. The summed E-state index contributed by atoms with van der Waals surface area (Å²) in [7, 11) is 1.84. The fraction of sp³-hybridized carbons (Fsp3) is 0.545. The van der Waals surface area contributed by atoms with Gasteiger partial charge in [0.25, 0.3) is 0 Å². The van der Waals surface area contributed by atoms with Crippen LogP contribution in [0, 0.1) is 6.92 Å². The van der Waals surface area contributed by atoms with Crippen LogP contribution in [0.15, 0.2) is 41.5 Å². The van der Waals surface area contributed by atoms with Gasteiger partial charge in [-0.1, -0.05) is 43.2 Å². The largest absolute Gasteiger partial charge is 0.356 e. The van der Waals surface area contributed by atoms with E-state index in [1.807, 2.05) is 13.2 Å². The van der Waals surface area contributed by atoms with Gasteiger partial charge in [0.2, 0.25) is 0 Å². The van der Waals surface area contributed by atoms with Gasteiger partial charge < -0.3 is 16.0 Å². The predicted octanol–water partition coefficient (Wildman–Crippen LogP) is 3.82. The van der Waals surface area contributed by atoms with Crippen molar-refractivity contribution < 1.29 is 0 Å². The Morgan fingerprint density at radius 3 is 2.61 bits per heavy atom. The third kappa shape index (κ3) is 5.79. The maximum Gasteiger partial charge on any atom is 0.191 e. The highest BCUT2D eigenvalue weighted by molar-refractivity contribution is 7.11. The molecule has 0 bridgehead atoms. The molecule has 28 heavy (non-hydrogen) atoms. The van der Waals surface area contributed by atoms with E-state index in [-0.39, 0.29) is 5.54 Å². The average molecular weight is 400 g/mol. The van der Waals surface area contributed by atoms with Crippen molar-refractivity contribution in [1.29, 1.82) is 0 Å². The van der Waals surface area contributed by atoms with E-state index in [9.17, 15) is 0 Å². The zero-order valence-corrected chi connectivity index (χ0v) is 18.1. The standard InChI is InChI=1S/C22H33N5S/c1-17-15-25-20(28-17)11-14-24-21(23-3)26-16-22(12-7-8-13-22)27-18(2)19-9-5-4-6-10-19/h4-6,9-10,15,18,27H,7-8,11-14,16H2,1-3H3,(H2,23,24,26). The van der Waals surface area contributed by atoms with Gasteiger partial charge in [0.05, 0.1) is 5.01 Å². The molecule has 3 N–H and O–H groups in total. The summed E-state index contributed by atoms with van der Waals surface area (Å²) in [6, 6.07) is 11.0. The maximum absolute atomic E-state index is 4.43. The molecule has 1 aromatic heterocycles. The first-order valence-electron chi connectivity index (χ1n) is 10.3. The summed E-state index contributed by atoms with van der Waals surface area (Å²) < 4.78 is 0. The van der Waals surface area contributed by atoms with Crippen molar-refractivity contribution in [3.8, 4) is 0 Å². The van der Waals surface area contributed by atoms with Crippen LogP contribution in [-0.2, 0) is 6.42 Å². The fourth-order valence-electron chi connectivity index (χ4n) is 3.99. The van der Waals surface area contributed by atoms with Crippen LogP contribution in [0.1, 0.15) is 54.1 Å². The van der Waals surface area contributed by atoms with Gasteiger partial charge in [-0.2, -0.15) is 0 Å². The van der Waals surface area contributed by atoms with Gasteiger partial charge in [0.15, 0.2) is 5.96 Å². The van der Waals surface area contributed by atoms with Gasteiger partial charge in [-0.3, -0.25) is 4.99 Å². The lowest BCUT2D eigenvalue weighted by atomic mass is 9.94. The molecule has 1 atom stereocenters. The SMILES string of the molecule is CN=C(NCCc1ncc(C)s1)NCC1(NC(C)c2ccccc2)CCCC1. The van der Waals surface area contributed by atoms with Crippen LogP contribution in [-0.4, -0.2) is 36.6 Å². The van der Waals surface area contributed by atoms with Crippen LogP contribution in [0.3, 0.4) is 0 Å². The maximum atomic E-state index is 4.43. The Bertz CT molecular complexity index is 749. The molecule has 1 heterocycles. The summed E-state index contributed by atoms with van der Waals surface area (Å²) in [4.78, 5) is 10.1. The second-order valence-electron chi connectivity index (χ2n) is 7.73. The zero-order chi connectivity index (χ0) is 19.8. The molecule has 5 nitrogen and oxygen atoms in total. The minimum atomic E-state index is 0.124. The molecule has 0 radical (unpaired) electrons. The van der Waals surface area contributed by atoms with Crippen molar-refractivity contribution in [2.45, 2.75) is 57.5 Å². The smallest absolute Gasteiger partial charge is 0.191 e. The van der Waals surface area contributed by atoms with Crippen LogP contribution in [0.4, 0.5) is 0 Å². The van der Waals surface area contributed by atoms with Gasteiger partial charge >= 0.3 is 0 Å². The summed E-state index contributed by atoms with van der Waals surface area (Å²) in [5, 5.41) is 12.1. The van der Waals surface area contributed by atoms with Crippen molar-refractivity contribution in [2.75, 3.05) is 20.1 Å². The van der Waals surface area contributed by atoms with Crippen LogP contribution in [0.5, 0.6) is 0 Å². The first-order valence-corrected chi connectivity index (χ1v) is 11.1. The Morgan fingerprint density at radius 2 is 1.96 bits per heavy atom. The molecule has 0 aliphatic heterocycles. The molecule has 3 rings (SSSR count). The first kappa shape index (κ1) is 20.8. The first-order chi connectivity index (χ1) is 13.6. The number of rotatable bonds is 8. The highest BCUT2D eigenvalue weighted by Gasteiger charge is 2.35. The molecule has 2 aromatic rings. The molecule has 1 saturated carbocycles. The molecule has 0 saturated heterocycles. The number of aromatic nitrogens is 1. The van der Waals surface area contributed by atoms with Crippen molar-refractivity contribution >= 4 is 17.3 Å². The number of hydrogen-bond donors (Lipinski definition) is 3. The van der Waals surface area contributed by atoms with E-state index in [4.69, 9.17) is 0 Å². The molecule has 152 valence electrons. The molecule has 1 fully saturated rings. The molecule has 0 amide bonds. The second kappa shape index (κ2) is 10.0. The Morgan fingerprint density at radius 1 is 1.21 bits per heavy atom. The van der Waals surface area contributed by atoms with Crippen molar-refractivity contribution in [2.24, 2.45) is 4.99 Å². The van der Waals surface area contributed by atoms with E-state index in [1.54, 1.807) is 11.3 Å². The summed E-state index contributed by atoms with van der Waals surface area (Å²) in [5.74, 6) is 0.869. The lowest BCUT2D eigenvalue weighted by molar-refractivity contribution is 0.297. The Balaban J connectivity index is 1.51. The number of guanidine groups is 1. The zero-order valence-electron chi connectivity index (χ0n) is 17.3. The van der Waals surface area contributed by atoms with Gasteiger partial charge in [0.1, 0.15) is 0 Å². The van der Waals surface area contributed by atoms with Crippen LogP contribution in [0.25, 0.3) is 0 Å². The highest BCUT2D eigenvalue weighted by Crippen LogP contribution is 2.31. The van der Waals surface area contributed by atoms with Crippen molar-refractivity contribution in [1.82, 2.24) is 20.9 Å². The van der Waals surface area contributed by atoms with E-state index in [2.05, 4.69) is 70.1 Å². The molecule has 1 aliphatic carbocycles. The van der Waals surface area contributed by atoms with Crippen LogP contribution < -0.4 is 16.0 Å². The monoisotopic (exact) mass is 399 g/mol. The minimum Gasteiger partial charge on any atom is -0.356 e. The third-order valence-corrected chi connectivity index (χ3v) is 6.47. The average Bonchev–Trinajstić information content (AvgIpc) is 3.34. The predicted molar refractivity (Wildman–Crippen MR) is 119 cm³/mol. The number of thiazole rings is 1. The molecule has 1 aliphatic rings. The van der Waals surface area contributed by atoms with Gasteiger partial charge in [0, 0.05) is 49.2 Å². The molecular formula is C22H33N5S. The lowest BCUT2D eigenvalue weighted by Crippen LogP contribution is -2.54. The number of aliphatic imine (C=N–C) groups is 1. The third-order valence-electron chi connectivity index (χ3n) is 5.50. The quantitative estimate of drug-likeness (QED) is 0.466. The van der Waals surface area contributed by atoms with E-state index >= 15 is 0 Å². The molecule has 0 spiro atoms. The van der Waals surface area contributed by atoms with Gasteiger partial charge in [-0.25, -0.2) is 4.98 Å². The Labute approximate surface area is 173 Å². The number of nitrogens with zero attached hydrogens (tertiary/aromatic N) is 2. The van der Waals surface area contributed by atoms with Crippen molar-refractivity contribution in [3.63, 3.8) is 0 Å². The van der Waals surface area contributed by atoms with Crippen molar-refractivity contribution in [3.05, 3.63) is 52.0 Å². The Kier molecular flexibility index (Phi) is 7.45. The summed E-state index contributed by atoms with van der Waals surface area (Å²) >= 11 is 1.76. The minimum absolute atomic E-state index is 0.124. The number of benzene rings is 1. The van der Waals surface area contributed by atoms with E-state index in [0.717, 1.165) is 25.5 Å². The Hall–Kier alpha value is -1.92. The van der Waals surface area contributed by atoms with Gasteiger partial charge in [-0.15, -0.1) is 11.3 Å². The topological polar surface area (TPSA) is 61.3 Å². The number of hydrogen-bond acceptors (Lipinski definition) is 4. The molecular weight excluding hydrogens is 366 g/mol. The second-order valence-corrected chi connectivity index (χ2v) is 9.05. The summed E-state index contributed by atoms with van der Waals surface area (Å²) in [5.41, 5.74) is 1.47. The van der Waals surface area contributed by atoms with Gasteiger partial charge in [-0.05, 0) is 32.3 Å². The molecule has 6 heteroatoms. The van der Waals surface area contributed by atoms with E-state index in [1.165, 1.54) is 41.1 Å². The molecule has 1 unspecified atom stereocenters. The fourth-order valence-corrected chi connectivity index (χ4v) is 4.77. The van der Waals surface area contributed by atoms with Crippen LogP contribution >= 0.6 is 11.3 Å². The summed E-state index contributed by atoms with van der Waals surface area (Å²) in [6.07, 6.45) is 7.83. The van der Waals surface area contributed by atoms with Crippen LogP contribution in [0.2, 0.25) is 0 Å². The van der Waals surface area contributed by atoms with E-state index < -0.39 is 0 Å².